The number of benzene rings is 1. The van der Waals surface area contributed by atoms with Crippen LogP contribution in [0.1, 0.15) is 45.2 Å². The van der Waals surface area contributed by atoms with Crippen LogP contribution in [0.5, 0.6) is 0 Å². The monoisotopic (exact) mass is 291 g/mol. The third-order valence-corrected chi connectivity index (χ3v) is 3.80. The molecule has 1 heterocycles. The lowest BCUT2D eigenvalue weighted by atomic mass is 9.94. The minimum Gasteiger partial charge on any atom is -0.311 e. The van der Waals surface area contributed by atoms with E-state index in [-0.39, 0.29) is 17.5 Å². The van der Waals surface area contributed by atoms with Gasteiger partial charge in [0.1, 0.15) is 11.6 Å². The average molecular weight is 291 g/mol. The largest absolute Gasteiger partial charge is 0.311 e. The second-order valence-corrected chi connectivity index (χ2v) is 6.69. The van der Waals surface area contributed by atoms with Crippen LogP contribution in [-0.4, -0.2) is 18.2 Å². The van der Waals surface area contributed by atoms with Crippen molar-refractivity contribution in [2.75, 3.05) is 11.4 Å². The van der Waals surface area contributed by atoms with Gasteiger partial charge in [-0.15, -0.1) is 0 Å². The molecule has 0 spiro atoms. The molecule has 3 nitrogen and oxygen atoms in total. The minimum atomic E-state index is -0.508. The van der Waals surface area contributed by atoms with Crippen LogP contribution in [0.3, 0.4) is 0 Å². The van der Waals surface area contributed by atoms with Crippen molar-refractivity contribution in [1.29, 1.82) is 0 Å². The van der Waals surface area contributed by atoms with Gasteiger partial charge >= 0.3 is 0 Å². The number of Topliss-reactive ketones (excluding diaryl/α,β-unsaturated/α-hetero) is 1. The number of amides is 1. The van der Waals surface area contributed by atoms with Crippen molar-refractivity contribution in [3.8, 4) is 0 Å². The Morgan fingerprint density at radius 2 is 1.95 bits per heavy atom. The Morgan fingerprint density at radius 3 is 2.52 bits per heavy atom. The molecule has 0 atom stereocenters. The second-order valence-electron chi connectivity index (χ2n) is 6.69. The Kier molecular flexibility index (Phi) is 4.17. The van der Waals surface area contributed by atoms with Crippen LogP contribution in [0.25, 0.3) is 0 Å². The fourth-order valence-corrected chi connectivity index (χ4v) is 2.69. The Balaban J connectivity index is 2.43. The summed E-state index contributed by atoms with van der Waals surface area (Å²) in [6.07, 6.45) is 1.38. The third kappa shape index (κ3) is 3.14. The van der Waals surface area contributed by atoms with Crippen molar-refractivity contribution in [1.82, 2.24) is 0 Å². The van der Waals surface area contributed by atoms with Gasteiger partial charge in [-0.25, -0.2) is 4.39 Å². The number of ketones is 1. The van der Waals surface area contributed by atoms with E-state index in [0.717, 1.165) is 12.0 Å². The maximum Gasteiger partial charge on any atom is 0.232 e. The number of nitrogens with zero attached hydrogens (tertiary/aromatic N) is 1. The Morgan fingerprint density at radius 1 is 1.29 bits per heavy atom. The zero-order chi connectivity index (χ0) is 15.8. The van der Waals surface area contributed by atoms with Crippen LogP contribution >= 0.6 is 0 Å². The quantitative estimate of drug-likeness (QED) is 0.857. The van der Waals surface area contributed by atoms with Gasteiger partial charge in [-0.05, 0) is 31.4 Å². The molecule has 0 aromatic heterocycles. The number of rotatable bonds is 3. The van der Waals surface area contributed by atoms with E-state index in [0.29, 0.717) is 30.6 Å². The highest BCUT2D eigenvalue weighted by molar-refractivity contribution is 5.99. The summed E-state index contributed by atoms with van der Waals surface area (Å²) in [4.78, 5) is 25.5. The van der Waals surface area contributed by atoms with E-state index in [1.54, 1.807) is 11.0 Å². The standard InChI is InChI=1S/C17H22FNO2/c1-11(20)5-7-13-14(18)8-6-12-9-10-19(15(12)13)16(21)17(2,3)4/h6,8H,5,7,9-10H2,1-4H3. The van der Waals surface area contributed by atoms with Gasteiger partial charge in [-0.3, -0.25) is 4.79 Å². The van der Waals surface area contributed by atoms with E-state index in [9.17, 15) is 14.0 Å². The molecule has 1 amide bonds. The summed E-state index contributed by atoms with van der Waals surface area (Å²) in [6, 6.07) is 3.19. The fourth-order valence-electron chi connectivity index (χ4n) is 2.69. The van der Waals surface area contributed by atoms with Gasteiger partial charge in [-0.2, -0.15) is 0 Å². The van der Waals surface area contributed by atoms with Gasteiger partial charge in [-0.1, -0.05) is 26.8 Å². The molecule has 21 heavy (non-hydrogen) atoms. The number of halogens is 1. The van der Waals surface area contributed by atoms with Crippen LogP contribution in [0.4, 0.5) is 10.1 Å². The first-order chi connectivity index (χ1) is 9.71. The first-order valence-electron chi connectivity index (χ1n) is 7.33. The summed E-state index contributed by atoms with van der Waals surface area (Å²) in [5, 5.41) is 0. The molecule has 0 saturated heterocycles. The Hall–Kier alpha value is -1.71. The molecule has 0 bridgehead atoms. The molecule has 1 aliphatic heterocycles. The molecule has 0 aliphatic carbocycles. The van der Waals surface area contributed by atoms with Crippen LogP contribution in [0.15, 0.2) is 12.1 Å². The molecule has 1 aliphatic rings. The first kappa shape index (κ1) is 15.7. The summed E-state index contributed by atoms with van der Waals surface area (Å²) >= 11 is 0. The van der Waals surface area contributed by atoms with Crippen molar-refractivity contribution in [3.63, 3.8) is 0 Å². The smallest absolute Gasteiger partial charge is 0.232 e. The summed E-state index contributed by atoms with van der Waals surface area (Å²) in [6.45, 7) is 7.67. The zero-order valence-corrected chi connectivity index (χ0v) is 13.1. The van der Waals surface area contributed by atoms with Crippen molar-refractivity contribution in [3.05, 3.63) is 29.1 Å². The summed E-state index contributed by atoms with van der Waals surface area (Å²) in [5.74, 6) is -0.307. The molecule has 2 rings (SSSR count). The lowest BCUT2D eigenvalue weighted by Crippen LogP contribution is -2.39. The molecule has 0 unspecified atom stereocenters. The Bertz CT molecular complexity index is 587. The maximum atomic E-state index is 14.2. The van der Waals surface area contributed by atoms with Crippen LogP contribution in [0, 0.1) is 11.2 Å². The van der Waals surface area contributed by atoms with Crippen LogP contribution < -0.4 is 4.90 Å². The van der Waals surface area contributed by atoms with Gasteiger partial charge in [0.25, 0.3) is 0 Å². The van der Waals surface area contributed by atoms with E-state index in [2.05, 4.69) is 0 Å². The molecule has 0 fully saturated rings. The SMILES string of the molecule is CC(=O)CCc1c(F)ccc2c1N(C(=O)C(C)(C)C)CC2. The lowest BCUT2D eigenvalue weighted by Gasteiger charge is -2.28. The van der Waals surface area contributed by atoms with E-state index in [4.69, 9.17) is 0 Å². The highest BCUT2D eigenvalue weighted by Crippen LogP contribution is 2.36. The van der Waals surface area contributed by atoms with E-state index in [1.807, 2.05) is 20.8 Å². The molecule has 1 aromatic carbocycles. The number of anilines is 1. The molecule has 0 N–H and O–H groups in total. The zero-order valence-electron chi connectivity index (χ0n) is 13.1. The van der Waals surface area contributed by atoms with Crippen molar-refractivity contribution in [2.24, 2.45) is 5.41 Å². The highest BCUT2D eigenvalue weighted by Gasteiger charge is 2.34. The topological polar surface area (TPSA) is 37.4 Å². The maximum absolute atomic E-state index is 14.2. The lowest BCUT2D eigenvalue weighted by molar-refractivity contribution is -0.125. The average Bonchev–Trinajstić information content (AvgIpc) is 2.79. The highest BCUT2D eigenvalue weighted by atomic mass is 19.1. The third-order valence-electron chi connectivity index (χ3n) is 3.80. The first-order valence-corrected chi connectivity index (χ1v) is 7.33. The van der Waals surface area contributed by atoms with Gasteiger partial charge in [0, 0.05) is 23.9 Å². The fraction of sp³-hybridized carbons (Fsp3) is 0.529. The van der Waals surface area contributed by atoms with Crippen molar-refractivity contribution >= 4 is 17.4 Å². The number of carbonyl (C=O) groups excluding carboxylic acids is 2. The molecule has 0 saturated carbocycles. The van der Waals surface area contributed by atoms with Crippen LogP contribution in [0.2, 0.25) is 0 Å². The van der Waals surface area contributed by atoms with Crippen molar-refractivity contribution in [2.45, 2.75) is 47.0 Å². The number of hydrogen-bond acceptors (Lipinski definition) is 2. The van der Waals surface area contributed by atoms with E-state index >= 15 is 0 Å². The summed E-state index contributed by atoms with van der Waals surface area (Å²) in [5.41, 5.74) is 1.67. The molecule has 4 heteroatoms. The predicted octanol–water partition coefficient (Wildman–Crippen LogP) is 3.28. The molecule has 114 valence electrons. The molecular weight excluding hydrogens is 269 g/mol. The van der Waals surface area contributed by atoms with E-state index in [1.165, 1.54) is 13.0 Å². The molecular formula is C17H22FNO2. The second kappa shape index (κ2) is 5.58. The minimum absolute atomic E-state index is 0.00377. The number of hydrogen-bond donors (Lipinski definition) is 0. The number of carbonyl (C=O) groups is 2. The normalized spacial score (nSPS) is 14.2. The van der Waals surface area contributed by atoms with Crippen LogP contribution in [-0.2, 0) is 22.4 Å². The summed E-state index contributed by atoms with van der Waals surface area (Å²) < 4.78 is 14.2. The van der Waals surface area contributed by atoms with Crippen molar-refractivity contribution < 1.29 is 14.0 Å². The predicted molar refractivity (Wildman–Crippen MR) is 80.9 cm³/mol. The van der Waals surface area contributed by atoms with Gasteiger partial charge in [0.05, 0.1) is 5.69 Å². The van der Waals surface area contributed by atoms with Gasteiger partial charge in [0.15, 0.2) is 0 Å². The number of fused-ring (bicyclic) bond motifs is 1. The molecule has 0 radical (unpaired) electrons. The van der Waals surface area contributed by atoms with Gasteiger partial charge < -0.3 is 9.69 Å². The summed E-state index contributed by atoms with van der Waals surface area (Å²) in [7, 11) is 0. The van der Waals surface area contributed by atoms with E-state index < -0.39 is 5.41 Å². The Labute approximate surface area is 125 Å². The molecule has 1 aromatic rings. The van der Waals surface area contributed by atoms with Gasteiger partial charge in [0.2, 0.25) is 5.91 Å².